The molecule has 2 rings (SSSR count). The molecule has 1 fully saturated rings. The Kier molecular flexibility index (Phi) is 5.35. The standard InChI is InChI=1S/C13H21N3O4S/c1-3-21(17,18)16-10-4-6-11(7-5-10)20-13-12(19-2)14-8-9-15-13/h8-11,16H,3-7H2,1-2H3. The van der Waals surface area contributed by atoms with E-state index in [0.717, 1.165) is 25.7 Å². The summed E-state index contributed by atoms with van der Waals surface area (Å²) in [5.74, 6) is 0.865. The maximum Gasteiger partial charge on any atom is 0.278 e. The molecule has 7 nitrogen and oxygen atoms in total. The van der Waals surface area contributed by atoms with Crippen LogP contribution in [-0.2, 0) is 10.0 Å². The van der Waals surface area contributed by atoms with Gasteiger partial charge in [0.05, 0.1) is 12.9 Å². The molecule has 0 amide bonds. The van der Waals surface area contributed by atoms with E-state index in [9.17, 15) is 8.42 Å². The van der Waals surface area contributed by atoms with Crippen molar-refractivity contribution in [1.29, 1.82) is 0 Å². The smallest absolute Gasteiger partial charge is 0.278 e. The predicted molar refractivity (Wildman–Crippen MR) is 77.9 cm³/mol. The van der Waals surface area contributed by atoms with E-state index in [1.165, 1.54) is 7.11 Å². The first-order chi connectivity index (χ1) is 10.0. The number of nitrogens with zero attached hydrogens (tertiary/aromatic N) is 2. The third-order valence-electron chi connectivity index (χ3n) is 3.51. The zero-order chi connectivity index (χ0) is 15.3. The van der Waals surface area contributed by atoms with Crippen molar-refractivity contribution in [1.82, 2.24) is 14.7 Å². The van der Waals surface area contributed by atoms with Gasteiger partial charge in [-0.05, 0) is 32.6 Å². The lowest BCUT2D eigenvalue weighted by Gasteiger charge is -2.29. The van der Waals surface area contributed by atoms with Gasteiger partial charge in [-0.15, -0.1) is 0 Å². The Bertz CT molecular complexity index is 556. The van der Waals surface area contributed by atoms with E-state index in [-0.39, 0.29) is 17.9 Å². The molecule has 8 heteroatoms. The quantitative estimate of drug-likeness (QED) is 0.846. The van der Waals surface area contributed by atoms with E-state index in [0.29, 0.717) is 11.8 Å². The third kappa shape index (κ3) is 4.53. The lowest BCUT2D eigenvalue weighted by atomic mass is 9.94. The minimum absolute atomic E-state index is 0.00134. The van der Waals surface area contributed by atoms with Crippen LogP contribution in [0.5, 0.6) is 11.8 Å². The maximum absolute atomic E-state index is 11.5. The average Bonchev–Trinajstić information content (AvgIpc) is 2.49. The van der Waals surface area contributed by atoms with Crippen molar-refractivity contribution in [3.05, 3.63) is 12.4 Å². The highest BCUT2D eigenvalue weighted by Gasteiger charge is 2.26. The van der Waals surface area contributed by atoms with Crippen molar-refractivity contribution >= 4 is 10.0 Å². The molecule has 1 saturated carbocycles. The first-order valence-corrected chi connectivity index (χ1v) is 8.71. The fourth-order valence-electron chi connectivity index (χ4n) is 2.33. The van der Waals surface area contributed by atoms with Crippen molar-refractivity contribution in [3.63, 3.8) is 0 Å². The van der Waals surface area contributed by atoms with E-state index < -0.39 is 10.0 Å². The molecule has 0 saturated heterocycles. The third-order valence-corrected chi connectivity index (χ3v) is 4.96. The monoisotopic (exact) mass is 315 g/mol. The summed E-state index contributed by atoms with van der Waals surface area (Å²) in [6.45, 7) is 1.64. The highest BCUT2D eigenvalue weighted by atomic mass is 32.2. The highest BCUT2D eigenvalue weighted by molar-refractivity contribution is 7.89. The molecule has 1 aliphatic carbocycles. The Morgan fingerprint density at radius 3 is 2.38 bits per heavy atom. The van der Waals surface area contributed by atoms with Crippen LogP contribution in [0.4, 0.5) is 0 Å². The van der Waals surface area contributed by atoms with Crippen molar-refractivity contribution in [2.75, 3.05) is 12.9 Å². The zero-order valence-corrected chi connectivity index (χ0v) is 13.1. The summed E-state index contributed by atoms with van der Waals surface area (Å²) in [5.41, 5.74) is 0. The Labute approximate surface area is 125 Å². The summed E-state index contributed by atoms with van der Waals surface area (Å²) in [6, 6.07) is -0.00134. The lowest BCUT2D eigenvalue weighted by Crippen LogP contribution is -2.40. The first kappa shape index (κ1) is 16.0. The molecule has 1 aliphatic rings. The van der Waals surface area contributed by atoms with Crippen LogP contribution in [0.3, 0.4) is 0 Å². The van der Waals surface area contributed by atoms with Crippen LogP contribution in [0.2, 0.25) is 0 Å². The summed E-state index contributed by atoms with van der Waals surface area (Å²) in [7, 11) is -1.62. The first-order valence-electron chi connectivity index (χ1n) is 7.05. The van der Waals surface area contributed by atoms with E-state index in [1.807, 2.05) is 0 Å². The van der Waals surface area contributed by atoms with Crippen LogP contribution < -0.4 is 14.2 Å². The van der Waals surface area contributed by atoms with Crippen molar-refractivity contribution < 1.29 is 17.9 Å². The van der Waals surface area contributed by atoms with Gasteiger partial charge in [-0.1, -0.05) is 0 Å². The molecular formula is C13H21N3O4S. The highest BCUT2D eigenvalue weighted by Crippen LogP contribution is 2.27. The largest absolute Gasteiger partial charge is 0.477 e. The van der Waals surface area contributed by atoms with E-state index >= 15 is 0 Å². The number of hydrogen-bond donors (Lipinski definition) is 1. The summed E-state index contributed by atoms with van der Waals surface area (Å²) >= 11 is 0. The normalized spacial score (nSPS) is 22.8. The second-order valence-corrected chi connectivity index (χ2v) is 7.03. The van der Waals surface area contributed by atoms with Crippen molar-refractivity contribution in [3.8, 4) is 11.8 Å². The van der Waals surface area contributed by atoms with Gasteiger partial charge in [-0.25, -0.2) is 23.1 Å². The van der Waals surface area contributed by atoms with Gasteiger partial charge in [0.25, 0.3) is 11.8 Å². The number of methoxy groups -OCH3 is 1. The molecule has 0 atom stereocenters. The predicted octanol–water partition coefficient (Wildman–Crippen LogP) is 1.11. The number of aromatic nitrogens is 2. The SMILES string of the molecule is CCS(=O)(=O)NC1CCC(Oc2nccnc2OC)CC1. The summed E-state index contributed by atoms with van der Waals surface area (Å²) < 4.78 is 36.7. The lowest BCUT2D eigenvalue weighted by molar-refractivity contribution is 0.132. The van der Waals surface area contributed by atoms with Gasteiger partial charge in [-0.2, -0.15) is 0 Å². The Morgan fingerprint density at radius 1 is 1.19 bits per heavy atom. The molecule has 1 N–H and O–H groups in total. The van der Waals surface area contributed by atoms with Gasteiger partial charge < -0.3 is 9.47 Å². The average molecular weight is 315 g/mol. The molecule has 0 unspecified atom stereocenters. The van der Waals surface area contributed by atoms with E-state index in [2.05, 4.69) is 14.7 Å². The zero-order valence-electron chi connectivity index (χ0n) is 12.3. The molecule has 0 aromatic carbocycles. The van der Waals surface area contributed by atoms with Crippen molar-refractivity contribution in [2.24, 2.45) is 0 Å². The van der Waals surface area contributed by atoms with Crippen LogP contribution in [0, 0.1) is 0 Å². The molecule has 1 aromatic rings. The fraction of sp³-hybridized carbons (Fsp3) is 0.692. The number of rotatable bonds is 6. The summed E-state index contributed by atoms with van der Waals surface area (Å²) in [6.07, 6.45) is 6.17. The molecular weight excluding hydrogens is 294 g/mol. The minimum Gasteiger partial charge on any atom is -0.477 e. The molecule has 21 heavy (non-hydrogen) atoms. The van der Waals surface area contributed by atoms with E-state index in [4.69, 9.17) is 9.47 Å². The van der Waals surface area contributed by atoms with Crippen LogP contribution in [-0.4, -0.2) is 43.4 Å². The second kappa shape index (κ2) is 7.04. The molecule has 1 aromatic heterocycles. The fourth-order valence-corrected chi connectivity index (χ4v) is 3.24. The molecule has 0 spiro atoms. The van der Waals surface area contributed by atoms with Gasteiger partial charge >= 0.3 is 0 Å². The van der Waals surface area contributed by atoms with Crippen LogP contribution in [0.15, 0.2) is 12.4 Å². The number of hydrogen-bond acceptors (Lipinski definition) is 6. The van der Waals surface area contributed by atoms with Gasteiger partial charge in [-0.3, -0.25) is 0 Å². The van der Waals surface area contributed by atoms with Crippen LogP contribution in [0.1, 0.15) is 32.6 Å². The van der Waals surface area contributed by atoms with E-state index in [1.54, 1.807) is 19.3 Å². The Morgan fingerprint density at radius 2 is 1.81 bits per heavy atom. The van der Waals surface area contributed by atoms with Gasteiger partial charge in [0, 0.05) is 18.4 Å². The van der Waals surface area contributed by atoms with Crippen LogP contribution >= 0.6 is 0 Å². The van der Waals surface area contributed by atoms with Crippen molar-refractivity contribution in [2.45, 2.75) is 44.8 Å². The maximum atomic E-state index is 11.5. The minimum atomic E-state index is -3.14. The number of ether oxygens (including phenoxy) is 2. The Balaban J connectivity index is 1.87. The second-order valence-electron chi connectivity index (χ2n) is 4.98. The molecule has 0 radical (unpaired) electrons. The van der Waals surface area contributed by atoms with Gasteiger partial charge in [0.1, 0.15) is 6.10 Å². The van der Waals surface area contributed by atoms with Gasteiger partial charge in [0.15, 0.2) is 0 Å². The van der Waals surface area contributed by atoms with Gasteiger partial charge in [0.2, 0.25) is 10.0 Å². The molecule has 0 aliphatic heterocycles. The molecule has 1 heterocycles. The summed E-state index contributed by atoms with van der Waals surface area (Å²) in [5, 5.41) is 0. The molecule has 0 bridgehead atoms. The Hall–Kier alpha value is -1.41. The van der Waals surface area contributed by atoms with Crippen LogP contribution in [0.25, 0.3) is 0 Å². The molecule has 118 valence electrons. The number of sulfonamides is 1. The topological polar surface area (TPSA) is 90.4 Å². The number of nitrogens with one attached hydrogen (secondary N) is 1. The summed E-state index contributed by atoms with van der Waals surface area (Å²) in [4.78, 5) is 8.15.